The molecule has 5 aromatic rings. The number of ether oxygens (including phenoxy) is 1. The Morgan fingerprint density at radius 2 is 1.39 bits per heavy atom. The second-order valence-electron chi connectivity index (χ2n) is 7.35. The molecule has 0 aliphatic carbocycles. The van der Waals surface area contributed by atoms with Crippen LogP contribution < -0.4 is 4.74 Å². The number of hydrogen-bond acceptors (Lipinski definition) is 6. The van der Waals surface area contributed by atoms with Crippen molar-refractivity contribution in [3.8, 4) is 17.7 Å². The average Bonchev–Trinajstić information content (AvgIpc) is 2.85. The van der Waals surface area contributed by atoms with Crippen molar-refractivity contribution in [2.24, 2.45) is 0 Å². The highest BCUT2D eigenvalue weighted by atomic mass is 32.2. The molecule has 7 heteroatoms. The van der Waals surface area contributed by atoms with E-state index in [1.165, 1.54) is 12.1 Å². The van der Waals surface area contributed by atoms with Crippen LogP contribution in [0.3, 0.4) is 0 Å². The quantitative estimate of drug-likeness (QED) is 0.345. The molecule has 0 radical (unpaired) electrons. The number of hydrogen-bond donors (Lipinski definition) is 0. The topological polar surface area (TPSA) is 92.9 Å². The van der Waals surface area contributed by atoms with Crippen LogP contribution in [-0.2, 0) is 9.84 Å². The standard InChI is InChI=1S/C26H17N3O3S/c27-17-24(33(30,31)19-11-2-1-3-12-19)25-26(29-22-15-7-6-14-21(22)28-25)32-23-16-8-10-18-9-4-5-13-20(18)23/h1-16,24H. The van der Waals surface area contributed by atoms with Crippen LogP contribution in [0.2, 0.25) is 0 Å². The summed E-state index contributed by atoms with van der Waals surface area (Å²) in [4.78, 5) is 9.11. The summed E-state index contributed by atoms with van der Waals surface area (Å²) < 4.78 is 32.9. The van der Waals surface area contributed by atoms with Gasteiger partial charge in [0.25, 0.3) is 0 Å². The number of para-hydroxylation sites is 2. The zero-order chi connectivity index (χ0) is 22.8. The molecule has 0 bridgehead atoms. The molecule has 160 valence electrons. The van der Waals surface area contributed by atoms with Gasteiger partial charge in [-0.05, 0) is 35.7 Å². The zero-order valence-electron chi connectivity index (χ0n) is 17.3. The van der Waals surface area contributed by atoms with Crippen molar-refractivity contribution in [1.29, 1.82) is 5.26 Å². The SMILES string of the molecule is N#CC(c1nc2ccccc2nc1Oc1cccc2ccccc12)S(=O)(=O)c1ccccc1. The Bertz CT molecular complexity index is 1620. The van der Waals surface area contributed by atoms with Gasteiger partial charge in [-0.25, -0.2) is 18.4 Å². The minimum atomic E-state index is -4.07. The van der Waals surface area contributed by atoms with Gasteiger partial charge in [0, 0.05) is 5.39 Å². The Morgan fingerprint density at radius 1 is 0.758 bits per heavy atom. The summed E-state index contributed by atoms with van der Waals surface area (Å²) in [5.41, 5.74) is 0.958. The summed E-state index contributed by atoms with van der Waals surface area (Å²) in [6.07, 6.45) is 0. The molecule has 0 amide bonds. The fourth-order valence-corrected chi connectivity index (χ4v) is 5.05. The molecule has 0 N–H and O–H groups in total. The van der Waals surface area contributed by atoms with Crippen LogP contribution in [0, 0.1) is 11.3 Å². The van der Waals surface area contributed by atoms with Crippen molar-refractivity contribution in [2.75, 3.05) is 0 Å². The van der Waals surface area contributed by atoms with Crippen LogP contribution in [0.4, 0.5) is 0 Å². The Kier molecular flexibility index (Phi) is 5.21. The van der Waals surface area contributed by atoms with Gasteiger partial charge in [0.15, 0.2) is 5.25 Å². The third kappa shape index (κ3) is 3.77. The van der Waals surface area contributed by atoms with Gasteiger partial charge in [-0.3, -0.25) is 0 Å². The van der Waals surface area contributed by atoms with E-state index >= 15 is 0 Å². The Balaban J connectivity index is 1.71. The minimum absolute atomic E-state index is 0.0175. The van der Waals surface area contributed by atoms with Gasteiger partial charge in [0.1, 0.15) is 11.4 Å². The van der Waals surface area contributed by atoms with Gasteiger partial charge >= 0.3 is 0 Å². The van der Waals surface area contributed by atoms with Crippen LogP contribution >= 0.6 is 0 Å². The molecule has 0 spiro atoms. The molecule has 5 rings (SSSR count). The van der Waals surface area contributed by atoms with E-state index in [-0.39, 0.29) is 16.5 Å². The Morgan fingerprint density at radius 3 is 2.15 bits per heavy atom. The van der Waals surface area contributed by atoms with E-state index < -0.39 is 15.1 Å². The monoisotopic (exact) mass is 451 g/mol. The molecule has 1 unspecified atom stereocenters. The maximum absolute atomic E-state index is 13.4. The first-order valence-electron chi connectivity index (χ1n) is 10.2. The summed E-state index contributed by atoms with van der Waals surface area (Å²) in [6, 6.07) is 30.1. The van der Waals surface area contributed by atoms with Gasteiger partial charge in [0.2, 0.25) is 15.7 Å². The van der Waals surface area contributed by atoms with Gasteiger partial charge in [-0.15, -0.1) is 0 Å². The third-order valence-corrected chi connectivity index (χ3v) is 7.15. The number of fused-ring (bicyclic) bond motifs is 2. The van der Waals surface area contributed by atoms with Crippen LogP contribution in [0.25, 0.3) is 21.8 Å². The molecule has 0 saturated carbocycles. The molecule has 0 aliphatic heterocycles. The first-order valence-corrected chi connectivity index (χ1v) is 11.7. The maximum atomic E-state index is 13.4. The average molecular weight is 452 g/mol. The van der Waals surface area contributed by atoms with E-state index in [0.29, 0.717) is 16.8 Å². The molecular weight excluding hydrogens is 434 g/mol. The molecule has 1 atom stereocenters. The minimum Gasteiger partial charge on any atom is -0.437 e. The van der Waals surface area contributed by atoms with Crippen LogP contribution in [-0.4, -0.2) is 18.4 Å². The first-order chi connectivity index (χ1) is 16.1. The van der Waals surface area contributed by atoms with E-state index in [2.05, 4.69) is 9.97 Å². The number of aromatic nitrogens is 2. The number of benzene rings is 4. The number of rotatable bonds is 5. The molecule has 0 saturated heterocycles. The first kappa shape index (κ1) is 20.6. The highest BCUT2D eigenvalue weighted by molar-refractivity contribution is 7.92. The van der Waals surface area contributed by atoms with Crippen LogP contribution in [0.5, 0.6) is 11.6 Å². The van der Waals surface area contributed by atoms with Gasteiger partial charge in [0.05, 0.1) is 22.0 Å². The second kappa shape index (κ2) is 8.34. The van der Waals surface area contributed by atoms with Crippen molar-refractivity contribution in [1.82, 2.24) is 9.97 Å². The normalized spacial score (nSPS) is 12.3. The van der Waals surface area contributed by atoms with Crippen LogP contribution in [0.1, 0.15) is 10.9 Å². The molecule has 0 aliphatic rings. The lowest BCUT2D eigenvalue weighted by Gasteiger charge is -2.16. The molecule has 1 heterocycles. The van der Waals surface area contributed by atoms with Crippen molar-refractivity contribution in [3.05, 3.63) is 103 Å². The number of nitrogens with zero attached hydrogens (tertiary/aromatic N) is 3. The zero-order valence-corrected chi connectivity index (χ0v) is 18.1. The molecule has 0 fully saturated rings. The predicted molar refractivity (Wildman–Crippen MR) is 126 cm³/mol. The van der Waals surface area contributed by atoms with Crippen molar-refractivity contribution >= 4 is 31.6 Å². The van der Waals surface area contributed by atoms with E-state index in [1.807, 2.05) is 42.5 Å². The lowest BCUT2D eigenvalue weighted by molar-refractivity contribution is 0.460. The molecule has 6 nitrogen and oxygen atoms in total. The molecule has 1 aromatic heterocycles. The molecule has 4 aromatic carbocycles. The highest BCUT2D eigenvalue weighted by Gasteiger charge is 2.34. The van der Waals surface area contributed by atoms with E-state index in [1.54, 1.807) is 48.5 Å². The van der Waals surface area contributed by atoms with Crippen molar-refractivity contribution in [3.63, 3.8) is 0 Å². The lowest BCUT2D eigenvalue weighted by Crippen LogP contribution is -2.15. The smallest absolute Gasteiger partial charge is 0.244 e. The number of sulfone groups is 1. The Labute approximate surface area is 190 Å². The summed E-state index contributed by atoms with van der Waals surface area (Å²) in [7, 11) is -4.07. The van der Waals surface area contributed by atoms with Gasteiger partial charge in [-0.1, -0.05) is 66.7 Å². The largest absolute Gasteiger partial charge is 0.437 e. The maximum Gasteiger partial charge on any atom is 0.244 e. The Hall–Kier alpha value is -4.28. The number of nitriles is 1. The predicted octanol–water partition coefficient (Wildman–Crippen LogP) is 5.61. The third-order valence-electron chi connectivity index (χ3n) is 5.27. The summed E-state index contributed by atoms with van der Waals surface area (Å²) in [5.74, 6) is 0.476. The molecular formula is C26H17N3O3S. The van der Waals surface area contributed by atoms with E-state index in [4.69, 9.17) is 4.74 Å². The summed E-state index contributed by atoms with van der Waals surface area (Å²) in [6.45, 7) is 0. The van der Waals surface area contributed by atoms with Crippen molar-refractivity contribution < 1.29 is 13.2 Å². The van der Waals surface area contributed by atoms with Gasteiger partial charge in [-0.2, -0.15) is 5.26 Å². The fourth-order valence-electron chi connectivity index (χ4n) is 3.66. The van der Waals surface area contributed by atoms with Crippen molar-refractivity contribution in [2.45, 2.75) is 10.1 Å². The fraction of sp³-hybridized carbons (Fsp3) is 0.0385. The second-order valence-corrected chi connectivity index (χ2v) is 9.38. The van der Waals surface area contributed by atoms with Crippen LogP contribution in [0.15, 0.2) is 102 Å². The van der Waals surface area contributed by atoms with Gasteiger partial charge < -0.3 is 4.74 Å². The summed E-state index contributed by atoms with van der Waals surface area (Å²) in [5, 5.41) is 10.2. The summed E-state index contributed by atoms with van der Waals surface area (Å²) >= 11 is 0. The lowest BCUT2D eigenvalue weighted by atomic mass is 10.1. The highest BCUT2D eigenvalue weighted by Crippen LogP contribution is 2.37. The van der Waals surface area contributed by atoms with E-state index in [9.17, 15) is 13.7 Å². The van der Waals surface area contributed by atoms with E-state index in [0.717, 1.165) is 10.8 Å². The molecule has 33 heavy (non-hydrogen) atoms.